The van der Waals surface area contributed by atoms with Gasteiger partial charge in [0.25, 0.3) is 0 Å². The van der Waals surface area contributed by atoms with E-state index in [1.54, 1.807) is 0 Å². The number of rotatable bonds is 5. The van der Waals surface area contributed by atoms with Crippen molar-refractivity contribution in [1.29, 1.82) is 0 Å². The molecule has 2 heterocycles. The van der Waals surface area contributed by atoms with Crippen LogP contribution in [-0.2, 0) is 6.42 Å². The van der Waals surface area contributed by atoms with Crippen molar-refractivity contribution in [1.82, 2.24) is 0 Å². The number of thiophene rings is 1. The summed E-state index contributed by atoms with van der Waals surface area (Å²) < 4.78 is 9.19. The van der Waals surface area contributed by atoms with E-state index in [4.69, 9.17) is 4.42 Å². The van der Waals surface area contributed by atoms with Gasteiger partial charge >= 0.3 is 0 Å². The molecule has 0 aliphatic carbocycles. The summed E-state index contributed by atoms with van der Waals surface area (Å²) in [5.41, 5.74) is 9.05. The number of aryl methyl sites for hydroxylation is 1. The maximum absolute atomic E-state index is 6.61. The van der Waals surface area contributed by atoms with Crippen molar-refractivity contribution >= 4 is 81.3 Å². The average Bonchev–Trinajstić information content (AvgIpc) is 3.68. The Morgan fingerprint density at radius 1 is 0.556 bits per heavy atom. The van der Waals surface area contributed by atoms with Gasteiger partial charge in [-0.05, 0) is 59.5 Å². The molecular formula is C42H29NOS. The van der Waals surface area contributed by atoms with Gasteiger partial charge in [0.05, 0.1) is 16.1 Å². The van der Waals surface area contributed by atoms with Gasteiger partial charge in [-0.15, -0.1) is 11.3 Å². The summed E-state index contributed by atoms with van der Waals surface area (Å²) in [6.45, 7) is 2.22. The van der Waals surface area contributed by atoms with Gasteiger partial charge < -0.3 is 9.32 Å². The Kier molecular flexibility index (Phi) is 6.00. The fraction of sp³-hybridized carbons (Fsp3) is 0.0476. The van der Waals surface area contributed by atoms with Gasteiger partial charge in [0.1, 0.15) is 11.2 Å². The molecule has 7 aromatic carbocycles. The highest BCUT2D eigenvalue weighted by Crippen LogP contribution is 2.49. The smallest absolute Gasteiger partial charge is 0.143 e. The molecule has 9 aromatic rings. The van der Waals surface area contributed by atoms with Gasteiger partial charge in [0.15, 0.2) is 0 Å². The van der Waals surface area contributed by atoms with Crippen LogP contribution in [0.25, 0.3) is 64.0 Å². The second kappa shape index (κ2) is 10.4. The zero-order chi connectivity index (χ0) is 29.9. The summed E-state index contributed by atoms with van der Waals surface area (Å²) in [5, 5.41) is 7.23. The molecule has 0 aliphatic rings. The van der Waals surface area contributed by atoms with Crippen molar-refractivity contribution in [2.75, 3.05) is 4.90 Å². The molecule has 0 unspecified atom stereocenters. The molecule has 0 N–H and O–H groups in total. The minimum absolute atomic E-state index is 0.942. The van der Waals surface area contributed by atoms with Crippen molar-refractivity contribution in [2.45, 2.75) is 13.3 Å². The van der Waals surface area contributed by atoms with Crippen molar-refractivity contribution in [2.24, 2.45) is 0 Å². The Balaban J connectivity index is 1.38. The summed E-state index contributed by atoms with van der Waals surface area (Å²) in [4.78, 5) is 2.46. The number of nitrogens with zero attached hydrogens (tertiary/aromatic N) is 1. The number of hydrogen-bond acceptors (Lipinski definition) is 3. The van der Waals surface area contributed by atoms with Crippen LogP contribution in [0.15, 0.2) is 150 Å². The van der Waals surface area contributed by atoms with E-state index in [-0.39, 0.29) is 0 Å². The zero-order valence-corrected chi connectivity index (χ0v) is 25.6. The Morgan fingerprint density at radius 3 is 2.07 bits per heavy atom. The van der Waals surface area contributed by atoms with Crippen LogP contribution in [0, 0.1) is 0 Å². The van der Waals surface area contributed by atoms with E-state index in [2.05, 4.69) is 157 Å². The summed E-state index contributed by atoms with van der Waals surface area (Å²) in [6, 6.07) is 52.5. The molecule has 0 atom stereocenters. The molecule has 2 nitrogen and oxygen atoms in total. The number of benzene rings is 7. The van der Waals surface area contributed by atoms with Crippen LogP contribution < -0.4 is 4.90 Å². The first-order chi connectivity index (χ1) is 22.3. The minimum Gasteiger partial charge on any atom is -0.455 e. The van der Waals surface area contributed by atoms with Gasteiger partial charge in [-0.1, -0.05) is 116 Å². The van der Waals surface area contributed by atoms with E-state index in [0.717, 1.165) is 45.1 Å². The van der Waals surface area contributed by atoms with Crippen molar-refractivity contribution in [3.8, 4) is 11.1 Å². The molecule has 45 heavy (non-hydrogen) atoms. The van der Waals surface area contributed by atoms with Gasteiger partial charge in [-0.3, -0.25) is 0 Å². The molecule has 3 heteroatoms. The number of hydrogen-bond donors (Lipinski definition) is 0. The molecule has 0 bridgehead atoms. The van der Waals surface area contributed by atoms with E-state index in [1.807, 2.05) is 11.3 Å². The molecule has 0 saturated carbocycles. The first-order valence-electron chi connectivity index (χ1n) is 15.5. The highest BCUT2D eigenvalue weighted by atomic mass is 32.1. The highest BCUT2D eigenvalue weighted by Gasteiger charge is 2.23. The highest BCUT2D eigenvalue weighted by molar-refractivity contribution is 7.26. The third kappa shape index (κ3) is 4.08. The van der Waals surface area contributed by atoms with Crippen molar-refractivity contribution in [3.63, 3.8) is 0 Å². The predicted molar refractivity (Wildman–Crippen MR) is 194 cm³/mol. The largest absolute Gasteiger partial charge is 0.455 e. The first kappa shape index (κ1) is 26.1. The lowest BCUT2D eigenvalue weighted by Gasteiger charge is -2.28. The van der Waals surface area contributed by atoms with Gasteiger partial charge in [-0.25, -0.2) is 0 Å². The molecule has 0 saturated heterocycles. The van der Waals surface area contributed by atoms with Crippen LogP contribution >= 0.6 is 11.3 Å². The molecular weight excluding hydrogens is 567 g/mol. The fourth-order valence-electron chi connectivity index (χ4n) is 6.93. The molecule has 0 aliphatic heterocycles. The molecule has 0 radical (unpaired) electrons. The van der Waals surface area contributed by atoms with Crippen LogP contribution in [0.3, 0.4) is 0 Å². The molecule has 0 spiro atoms. The minimum atomic E-state index is 0.942. The SMILES string of the molecule is CCc1cccc2oc3c4ccccc4c(N(c4ccc(-c5ccccc5)cc4)c4cccc5c4sc4ccccc45)cc3c12. The molecule has 9 rings (SSSR count). The fourth-order valence-corrected chi connectivity index (χ4v) is 8.14. The van der Waals surface area contributed by atoms with Crippen LogP contribution in [-0.4, -0.2) is 0 Å². The monoisotopic (exact) mass is 595 g/mol. The first-order valence-corrected chi connectivity index (χ1v) is 16.3. The Morgan fingerprint density at radius 2 is 1.24 bits per heavy atom. The van der Waals surface area contributed by atoms with Gasteiger partial charge in [0, 0.05) is 42.7 Å². The van der Waals surface area contributed by atoms with Gasteiger partial charge in [0.2, 0.25) is 0 Å². The molecule has 2 aromatic heterocycles. The van der Waals surface area contributed by atoms with Crippen LogP contribution in [0.2, 0.25) is 0 Å². The van der Waals surface area contributed by atoms with Gasteiger partial charge in [-0.2, -0.15) is 0 Å². The number of fused-ring (bicyclic) bond motifs is 8. The Hall–Kier alpha value is -5.38. The Bertz CT molecular complexity index is 2520. The third-order valence-electron chi connectivity index (χ3n) is 9.05. The summed E-state index contributed by atoms with van der Waals surface area (Å²) in [7, 11) is 0. The van der Waals surface area contributed by atoms with E-state index in [0.29, 0.717) is 0 Å². The zero-order valence-electron chi connectivity index (χ0n) is 24.8. The molecule has 0 amide bonds. The second-order valence-electron chi connectivity index (χ2n) is 11.6. The predicted octanol–water partition coefficient (Wildman–Crippen LogP) is 12.8. The van der Waals surface area contributed by atoms with Crippen molar-refractivity contribution < 1.29 is 4.42 Å². The quantitative estimate of drug-likeness (QED) is 0.197. The average molecular weight is 596 g/mol. The summed E-state index contributed by atoms with van der Waals surface area (Å²) in [5.74, 6) is 0. The maximum atomic E-state index is 6.61. The second-order valence-corrected chi connectivity index (χ2v) is 12.6. The van der Waals surface area contributed by atoms with Crippen LogP contribution in [0.1, 0.15) is 12.5 Å². The van der Waals surface area contributed by atoms with Crippen LogP contribution in [0.5, 0.6) is 0 Å². The maximum Gasteiger partial charge on any atom is 0.143 e. The number of anilines is 3. The van der Waals surface area contributed by atoms with E-state index in [9.17, 15) is 0 Å². The van der Waals surface area contributed by atoms with Crippen molar-refractivity contribution in [3.05, 3.63) is 151 Å². The lowest BCUT2D eigenvalue weighted by atomic mass is 9.99. The topological polar surface area (TPSA) is 16.4 Å². The molecule has 0 fully saturated rings. The van der Waals surface area contributed by atoms with Crippen LogP contribution in [0.4, 0.5) is 17.1 Å². The summed E-state index contributed by atoms with van der Waals surface area (Å²) >= 11 is 1.87. The van der Waals surface area contributed by atoms with E-state index < -0.39 is 0 Å². The summed E-state index contributed by atoms with van der Waals surface area (Å²) in [6.07, 6.45) is 0.944. The third-order valence-corrected chi connectivity index (χ3v) is 10.3. The van der Waals surface area contributed by atoms with E-state index in [1.165, 1.54) is 47.9 Å². The lowest BCUT2D eigenvalue weighted by molar-refractivity contribution is 0.672. The molecule has 214 valence electrons. The number of furan rings is 1. The standard InChI is InChI=1S/C42H29NOS/c1-2-27-14-10-20-38-40(27)35-26-37(31-15-6-7-17-33(31)41(35)44-38)43(30-24-22-29(23-25-30)28-12-4-3-5-13-28)36-19-11-18-34-32-16-8-9-21-39(32)45-42(34)36/h3-26H,2H2,1H3. The lowest BCUT2D eigenvalue weighted by Crippen LogP contribution is -2.10. The normalized spacial score (nSPS) is 11.8. The Labute approximate surface area is 265 Å². The van der Waals surface area contributed by atoms with E-state index >= 15 is 0 Å².